The van der Waals surface area contributed by atoms with Gasteiger partial charge in [0.1, 0.15) is 11.5 Å². The van der Waals surface area contributed by atoms with Crippen LogP contribution in [0.15, 0.2) is 67.0 Å². The van der Waals surface area contributed by atoms with E-state index in [2.05, 4.69) is 46.0 Å². The van der Waals surface area contributed by atoms with Crippen LogP contribution in [0.3, 0.4) is 0 Å². The van der Waals surface area contributed by atoms with E-state index in [-0.39, 0.29) is 5.91 Å². The molecule has 1 fully saturated rings. The quantitative estimate of drug-likeness (QED) is 0.411. The topological polar surface area (TPSA) is 55.5 Å². The van der Waals surface area contributed by atoms with Crippen LogP contribution in [-0.2, 0) is 0 Å². The number of rotatable bonds is 7. The van der Waals surface area contributed by atoms with E-state index < -0.39 is 5.82 Å². The summed E-state index contributed by atoms with van der Waals surface area (Å²) in [4.78, 5) is 27.5. The average molecular weight is 486 g/mol. The lowest BCUT2D eigenvalue weighted by molar-refractivity contribution is 0.0633. The highest BCUT2D eigenvalue weighted by Crippen LogP contribution is 2.31. The molecule has 1 aliphatic heterocycles. The van der Waals surface area contributed by atoms with Gasteiger partial charge >= 0.3 is 0 Å². The number of aromatic nitrogens is 2. The Morgan fingerprint density at radius 2 is 1.78 bits per heavy atom. The van der Waals surface area contributed by atoms with Crippen LogP contribution < -0.4 is 0 Å². The summed E-state index contributed by atoms with van der Waals surface area (Å²) in [7, 11) is 4.16. The Labute approximate surface area is 211 Å². The van der Waals surface area contributed by atoms with E-state index in [9.17, 15) is 9.18 Å². The van der Waals surface area contributed by atoms with Gasteiger partial charge in [-0.3, -0.25) is 9.69 Å². The Bertz CT molecular complexity index is 1340. The Kier molecular flexibility index (Phi) is 7.11. The van der Waals surface area contributed by atoms with Crippen molar-refractivity contribution >= 4 is 16.9 Å². The molecule has 0 saturated carbocycles. The zero-order chi connectivity index (χ0) is 25.1. The van der Waals surface area contributed by atoms with Crippen molar-refractivity contribution < 1.29 is 9.18 Å². The van der Waals surface area contributed by atoms with Crippen molar-refractivity contribution in [3.05, 3.63) is 78.4 Å². The van der Waals surface area contributed by atoms with E-state index in [1.54, 1.807) is 12.3 Å². The van der Waals surface area contributed by atoms with E-state index in [0.717, 1.165) is 60.3 Å². The van der Waals surface area contributed by atoms with Gasteiger partial charge in [0.05, 0.1) is 0 Å². The first kappa shape index (κ1) is 24.2. The van der Waals surface area contributed by atoms with Gasteiger partial charge in [0, 0.05) is 60.6 Å². The number of carbonyl (C=O) groups excluding carboxylic acids is 1. The van der Waals surface area contributed by atoms with Crippen LogP contribution in [0.1, 0.15) is 16.8 Å². The second-order valence-electron chi connectivity index (χ2n) is 9.71. The molecule has 2 aromatic carbocycles. The van der Waals surface area contributed by atoms with Crippen LogP contribution in [-0.4, -0.2) is 83.9 Å². The number of carbonyl (C=O) groups is 1. The first-order valence-electron chi connectivity index (χ1n) is 12.5. The fraction of sp³-hybridized carbons (Fsp3) is 0.310. The minimum absolute atomic E-state index is 0.121. The number of nitrogens with zero attached hydrogens (tertiary/aromatic N) is 4. The number of nitrogens with one attached hydrogen (secondary N) is 1. The number of hydrogen-bond acceptors (Lipinski definition) is 4. The molecule has 1 aliphatic rings. The number of fused-ring (bicyclic) bond motifs is 1. The molecule has 2 aromatic heterocycles. The van der Waals surface area contributed by atoms with Crippen molar-refractivity contribution in [3.8, 4) is 22.3 Å². The predicted molar refractivity (Wildman–Crippen MR) is 142 cm³/mol. The number of halogens is 1. The monoisotopic (exact) mass is 485 g/mol. The van der Waals surface area contributed by atoms with Crippen molar-refractivity contribution in [2.75, 3.05) is 53.4 Å². The highest BCUT2D eigenvalue weighted by molar-refractivity contribution is 5.98. The third-order valence-corrected chi connectivity index (χ3v) is 6.83. The number of aromatic amines is 1. The van der Waals surface area contributed by atoms with Gasteiger partial charge in [-0.05, 0) is 69.0 Å². The van der Waals surface area contributed by atoms with Crippen LogP contribution in [0, 0.1) is 5.82 Å². The van der Waals surface area contributed by atoms with E-state index in [4.69, 9.17) is 0 Å². The molecule has 4 aromatic rings. The zero-order valence-corrected chi connectivity index (χ0v) is 20.9. The fourth-order valence-corrected chi connectivity index (χ4v) is 4.87. The van der Waals surface area contributed by atoms with Crippen LogP contribution >= 0.6 is 0 Å². The Hall–Kier alpha value is -3.55. The minimum Gasteiger partial charge on any atom is -0.346 e. The molecule has 3 heterocycles. The highest BCUT2D eigenvalue weighted by atomic mass is 19.1. The molecule has 1 N–H and O–H groups in total. The number of H-pyrrole nitrogens is 1. The van der Waals surface area contributed by atoms with Gasteiger partial charge in [0.2, 0.25) is 0 Å². The second-order valence-corrected chi connectivity index (χ2v) is 9.71. The summed E-state index contributed by atoms with van der Waals surface area (Å²) in [5, 5.41) is 0.959. The summed E-state index contributed by atoms with van der Waals surface area (Å²) in [6.45, 7) is 5.09. The van der Waals surface area contributed by atoms with Gasteiger partial charge in [-0.25, -0.2) is 9.37 Å². The number of pyridine rings is 1. The first-order chi connectivity index (χ1) is 17.5. The number of hydrogen-bond donors (Lipinski definition) is 1. The lowest BCUT2D eigenvalue weighted by atomic mass is 10.0. The molecule has 5 rings (SSSR count). The molecule has 7 heteroatoms. The van der Waals surface area contributed by atoms with Crippen LogP contribution in [0.4, 0.5) is 4.39 Å². The molecular formula is C29H32FN5O. The summed E-state index contributed by atoms with van der Waals surface area (Å²) in [6, 6.07) is 16.7. The molecule has 1 amide bonds. The summed E-state index contributed by atoms with van der Waals surface area (Å²) in [5.74, 6) is -0.542. The van der Waals surface area contributed by atoms with Crippen molar-refractivity contribution in [2.24, 2.45) is 0 Å². The Balaban J connectivity index is 1.34. The van der Waals surface area contributed by atoms with Crippen LogP contribution in [0.2, 0.25) is 0 Å². The maximum Gasteiger partial charge on any atom is 0.254 e. The molecule has 0 spiro atoms. The van der Waals surface area contributed by atoms with Gasteiger partial charge in [0.25, 0.3) is 5.91 Å². The summed E-state index contributed by atoms with van der Waals surface area (Å²) in [5.41, 5.74) is 4.70. The molecule has 0 radical (unpaired) electrons. The SMILES string of the molecule is CN(C)CCCN1CCN(C(=O)c2cc(F)cc(-c3cnc4[nH]cc(-c5ccccc5)c4c3)c2)CC1. The molecule has 0 bridgehead atoms. The third kappa shape index (κ3) is 5.32. The van der Waals surface area contributed by atoms with Gasteiger partial charge in [-0.2, -0.15) is 0 Å². The molecular weight excluding hydrogens is 453 g/mol. The summed E-state index contributed by atoms with van der Waals surface area (Å²) in [6.07, 6.45) is 4.78. The van der Waals surface area contributed by atoms with Crippen molar-refractivity contribution in [2.45, 2.75) is 6.42 Å². The lowest BCUT2D eigenvalue weighted by Gasteiger charge is -2.35. The van der Waals surface area contributed by atoms with Crippen LogP contribution in [0.5, 0.6) is 0 Å². The van der Waals surface area contributed by atoms with Crippen molar-refractivity contribution in [3.63, 3.8) is 0 Å². The maximum absolute atomic E-state index is 14.7. The molecule has 0 unspecified atom stereocenters. The largest absolute Gasteiger partial charge is 0.346 e. The number of amides is 1. The maximum atomic E-state index is 14.7. The van der Waals surface area contributed by atoms with Gasteiger partial charge < -0.3 is 14.8 Å². The van der Waals surface area contributed by atoms with Crippen molar-refractivity contribution in [1.29, 1.82) is 0 Å². The summed E-state index contributed by atoms with van der Waals surface area (Å²) < 4.78 is 14.7. The van der Waals surface area contributed by atoms with E-state index in [1.165, 1.54) is 12.1 Å². The average Bonchev–Trinajstić information content (AvgIpc) is 3.32. The fourth-order valence-electron chi connectivity index (χ4n) is 4.87. The van der Waals surface area contributed by atoms with E-state index in [1.807, 2.05) is 35.4 Å². The Morgan fingerprint density at radius 1 is 1.00 bits per heavy atom. The Morgan fingerprint density at radius 3 is 2.53 bits per heavy atom. The van der Waals surface area contributed by atoms with Gasteiger partial charge in [0.15, 0.2) is 0 Å². The normalized spacial score (nSPS) is 14.6. The number of piperazine rings is 1. The standard InChI is InChI=1S/C29H32FN5O/c1-33(2)9-6-10-34-11-13-35(14-12-34)29(36)23-15-22(16-25(30)17-23)24-18-26-27(20-32-28(26)31-19-24)21-7-4-3-5-8-21/h3-5,7-8,15-20H,6,9-14H2,1-2H3,(H,31,32). The van der Waals surface area contributed by atoms with Crippen LogP contribution in [0.25, 0.3) is 33.3 Å². The van der Waals surface area contributed by atoms with Gasteiger partial charge in [-0.15, -0.1) is 0 Å². The highest BCUT2D eigenvalue weighted by Gasteiger charge is 2.23. The minimum atomic E-state index is -0.421. The predicted octanol–water partition coefficient (Wildman–Crippen LogP) is 4.75. The van der Waals surface area contributed by atoms with Crippen molar-refractivity contribution in [1.82, 2.24) is 24.7 Å². The summed E-state index contributed by atoms with van der Waals surface area (Å²) >= 11 is 0. The first-order valence-corrected chi connectivity index (χ1v) is 12.5. The lowest BCUT2D eigenvalue weighted by Crippen LogP contribution is -2.49. The molecule has 6 nitrogen and oxygen atoms in total. The molecule has 0 atom stereocenters. The van der Waals surface area contributed by atoms with E-state index in [0.29, 0.717) is 24.2 Å². The molecule has 0 aliphatic carbocycles. The molecule has 1 saturated heterocycles. The smallest absolute Gasteiger partial charge is 0.254 e. The zero-order valence-electron chi connectivity index (χ0n) is 20.9. The van der Waals surface area contributed by atoms with E-state index >= 15 is 0 Å². The molecule has 36 heavy (non-hydrogen) atoms. The second kappa shape index (κ2) is 10.6. The van der Waals surface area contributed by atoms with Gasteiger partial charge in [-0.1, -0.05) is 30.3 Å². The molecule has 186 valence electrons. The third-order valence-electron chi connectivity index (χ3n) is 6.83. The number of benzene rings is 2.